The van der Waals surface area contributed by atoms with Crippen LogP contribution in [0.1, 0.15) is 24.1 Å². The fraction of sp³-hybridized carbons (Fsp3) is 0.312. The highest BCUT2D eigenvalue weighted by molar-refractivity contribution is 9.10. The van der Waals surface area contributed by atoms with E-state index in [1.54, 1.807) is 13.3 Å². The Balaban J connectivity index is 2.28. The molecule has 106 valence electrons. The van der Waals surface area contributed by atoms with E-state index in [2.05, 4.69) is 45.3 Å². The molecule has 1 unspecified atom stereocenters. The SMILES string of the molecule is CCNC(Cc1cccnc1)c1ccc(Br)cc1OC. The topological polar surface area (TPSA) is 34.2 Å². The monoisotopic (exact) mass is 334 g/mol. The minimum absolute atomic E-state index is 0.215. The molecule has 1 atom stereocenters. The number of pyridine rings is 1. The highest BCUT2D eigenvalue weighted by atomic mass is 79.9. The van der Waals surface area contributed by atoms with Gasteiger partial charge in [0.2, 0.25) is 0 Å². The molecule has 1 aromatic carbocycles. The van der Waals surface area contributed by atoms with Crippen molar-refractivity contribution in [2.24, 2.45) is 0 Å². The zero-order valence-corrected chi connectivity index (χ0v) is 13.4. The average molecular weight is 335 g/mol. The van der Waals surface area contributed by atoms with Gasteiger partial charge in [-0.2, -0.15) is 0 Å². The third kappa shape index (κ3) is 3.81. The van der Waals surface area contributed by atoms with Gasteiger partial charge in [-0.3, -0.25) is 4.98 Å². The zero-order valence-electron chi connectivity index (χ0n) is 11.8. The maximum Gasteiger partial charge on any atom is 0.124 e. The Morgan fingerprint density at radius 1 is 1.35 bits per heavy atom. The van der Waals surface area contributed by atoms with E-state index < -0.39 is 0 Å². The van der Waals surface area contributed by atoms with Crippen LogP contribution in [0.3, 0.4) is 0 Å². The molecule has 0 spiro atoms. The molecule has 0 aliphatic carbocycles. The number of aromatic nitrogens is 1. The second-order valence-electron chi connectivity index (χ2n) is 4.56. The first kappa shape index (κ1) is 15.0. The maximum atomic E-state index is 5.51. The molecule has 1 heterocycles. The molecular weight excluding hydrogens is 316 g/mol. The molecule has 0 saturated heterocycles. The molecule has 0 amide bonds. The van der Waals surface area contributed by atoms with Crippen LogP contribution in [-0.4, -0.2) is 18.6 Å². The van der Waals surface area contributed by atoms with Crippen LogP contribution in [0.15, 0.2) is 47.2 Å². The van der Waals surface area contributed by atoms with Gasteiger partial charge < -0.3 is 10.1 Å². The molecular formula is C16H19BrN2O. The van der Waals surface area contributed by atoms with Crippen LogP contribution >= 0.6 is 15.9 Å². The number of halogens is 1. The molecule has 0 aliphatic heterocycles. The number of ether oxygens (including phenoxy) is 1. The van der Waals surface area contributed by atoms with Crippen molar-refractivity contribution in [3.05, 3.63) is 58.3 Å². The van der Waals surface area contributed by atoms with Crippen molar-refractivity contribution in [1.29, 1.82) is 0 Å². The van der Waals surface area contributed by atoms with Crippen molar-refractivity contribution >= 4 is 15.9 Å². The zero-order chi connectivity index (χ0) is 14.4. The second kappa shape index (κ2) is 7.41. The minimum Gasteiger partial charge on any atom is -0.496 e. The average Bonchev–Trinajstić information content (AvgIpc) is 2.48. The number of methoxy groups -OCH3 is 1. The number of likely N-dealkylation sites (N-methyl/N-ethyl adjacent to an activating group) is 1. The summed E-state index contributed by atoms with van der Waals surface area (Å²) in [5, 5.41) is 3.52. The van der Waals surface area contributed by atoms with Gasteiger partial charge in [-0.1, -0.05) is 35.0 Å². The van der Waals surface area contributed by atoms with Gasteiger partial charge in [-0.05, 0) is 36.7 Å². The second-order valence-corrected chi connectivity index (χ2v) is 5.48. The van der Waals surface area contributed by atoms with Crippen molar-refractivity contribution in [1.82, 2.24) is 10.3 Å². The van der Waals surface area contributed by atoms with E-state index >= 15 is 0 Å². The number of hydrogen-bond acceptors (Lipinski definition) is 3. The largest absolute Gasteiger partial charge is 0.496 e. The van der Waals surface area contributed by atoms with Crippen molar-refractivity contribution in [3.63, 3.8) is 0 Å². The number of nitrogens with one attached hydrogen (secondary N) is 1. The maximum absolute atomic E-state index is 5.51. The van der Waals surface area contributed by atoms with E-state index in [1.807, 2.05) is 24.4 Å². The predicted octanol–water partition coefficient (Wildman–Crippen LogP) is 3.75. The van der Waals surface area contributed by atoms with E-state index in [4.69, 9.17) is 4.74 Å². The number of rotatable bonds is 6. The summed E-state index contributed by atoms with van der Waals surface area (Å²) in [7, 11) is 1.71. The molecule has 4 heteroatoms. The van der Waals surface area contributed by atoms with E-state index in [9.17, 15) is 0 Å². The Kier molecular flexibility index (Phi) is 5.56. The van der Waals surface area contributed by atoms with E-state index in [-0.39, 0.29) is 6.04 Å². The van der Waals surface area contributed by atoms with Gasteiger partial charge in [0.25, 0.3) is 0 Å². The Hall–Kier alpha value is -1.39. The van der Waals surface area contributed by atoms with Gasteiger partial charge in [-0.25, -0.2) is 0 Å². The summed E-state index contributed by atoms with van der Waals surface area (Å²) in [6, 6.07) is 10.4. The summed E-state index contributed by atoms with van der Waals surface area (Å²) in [6.07, 6.45) is 4.60. The van der Waals surface area contributed by atoms with E-state index in [0.717, 1.165) is 23.2 Å². The van der Waals surface area contributed by atoms with Crippen LogP contribution in [-0.2, 0) is 6.42 Å². The Labute approximate surface area is 128 Å². The first-order chi connectivity index (χ1) is 9.74. The van der Waals surface area contributed by atoms with Crippen molar-refractivity contribution in [3.8, 4) is 5.75 Å². The Bertz CT molecular complexity index is 545. The van der Waals surface area contributed by atoms with Crippen LogP contribution in [0, 0.1) is 0 Å². The minimum atomic E-state index is 0.215. The van der Waals surface area contributed by atoms with Gasteiger partial charge in [0.05, 0.1) is 7.11 Å². The summed E-state index contributed by atoms with van der Waals surface area (Å²) in [5.41, 5.74) is 2.38. The van der Waals surface area contributed by atoms with E-state index in [0.29, 0.717) is 0 Å². The third-order valence-corrected chi connectivity index (χ3v) is 3.68. The molecule has 0 aliphatic rings. The van der Waals surface area contributed by atoms with Gasteiger partial charge >= 0.3 is 0 Å². The number of hydrogen-bond donors (Lipinski definition) is 1. The van der Waals surface area contributed by atoms with Crippen LogP contribution in [0.25, 0.3) is 0 Å². The van der Waals surface area contributed by atoms with Crippen LogP contribution in [0.5, 0.6) is 5.75 Å². The summed E-state index contributed by atoms with van der Waals surface area (Å²) in [4.78, 5) is 4.18. The molecule has 0 radical (unpaired) electrons. The number of nitrogens with zero attached hydrogens (tertiary/aromatic N) is 1. The predicted molar refractivity (Wildman–Crippen MR) is 85.1 cm³/mol. The molecule has 1 aromatic heterocycles. The molecule has 3 nitrogen and oxygen atoms in total. The lowest BCUT2D eigenvalue weighted by molar-refractivity contribution is 0.399. The van der Waals surface area contributed by atoms with E-state index in [1.165, 1.54) is 11.1 Å². The summed E-state index contributed by atoms with van der Waals surface area (Å²) in [5.74, 6) is 0.897. The lowest BCUT2D eigenvalue weighted by atomic mass is 9.99. The summed E-state index contributed by atoms with van der Waals surface area (Å²) < 4.78 is 6.53. The molecule has 2 rings (SSSR count). The van der Waals surface area contributed by atoms with Crippen LogP contribution in [0.4, 0.5) is 0 Å². The third-order valence-electron chi connectivity index (χ3n) is 3.18. The highest BCUT2D eigenvalue weighted by Gasteiger charge is 2.16. The van der Waals surface area contributed by atoms with Crippen LogP contribution < -0.4 is 10.1 Å². The van der Waals surface area contributed by atoms with Gasteiger partial charge in [0.15, 0.2) is 0 Å². The lowest BCUT2D eigenvalue weighted by Crippen LogP contribution is -2.23. The van der Waals surface area contributed by atoms with Gasteiger partial charge in [0, 0.05) is 28.5 Å². The van der Waals surface area contributed by atoms with Crippen molar-refractivity contribution in [2.45, 2.75) is 19.4 Å². The molecule has 0 fully saturated rings. The standard InChI is InChI=1S/C16H19BrN2O/c1-3-19-15(9-12-5-4-8-18-11-12)14-7-6-13(17)10-16(14)20-2/h4-8,10-11,15,19H,3,9H2,1-2H3. The summed E-state index contributed by atoms with van der Waals surface area (Å²) in [6.45, 7) is 3.02. The smallest absolute Gasteiger partial charge is 0.124 e. The molecule has 0 saturated carbocycles. The Morgan fingerprint density at radius 3 is 2.85 bits per heavy atom. The van der Waals surface area contributed by atoms with Crippen LogP contribution in [0.2, 0.25) is 0 Å². The van der Waals surface area contributed by atoms with Crippen molar-refractivity contribution < 1.29 is 4.74 Å². The lowest BCUT2D eigenvalue weighted by Gasteiger charge is -2.21. The molecule has 0 bridgehead atoms. The normalized spacial score (nSPS) is 12.2. The quantitative estimate of drug-likeness (QED) is 0.873. The number of benzene rings is 1. The fourth-order valence-corrected chi connectivity index (χ4v) is 2.61. The Morgan fingerprint density at radius 2 is 2.20 bits per heavy atom. The van der Waals surface area contributed by atoms with Crippen molar-refractivity contribution in [2.75, 3.05) is 13.7 Å². The molecule has 20 heavy (non-hydrogen) atoms. The molecule has 2 aromatic rings. The first-order valence-corrected chi connectivity index (χ1v) is 7.49. The highest BCUT2D eigenvalue weighted by Crippen LogP contribution is 2.30. The van der Waals surface area contributed by atoms with Gasteiger partial charge in [0.1, 0.15) is 5.75 Å². The molecule has 1 N–H and O–H groups in total. The first-order valence-electron chi connectivity index (χ1n) is 6.70. The summed E-state index contributed by atoms with van der Waals surface area (Å²) >= 11 is 3.48. The fourth-order valence-electron chi connectivity index (χ4n) is 2.27. The van der Waals surface area contributed by atoms with Gasteiger partial charge in [-0.15, -0.1) is 0 Å².